The number of imide groups is 1. The first-order chi connectivity index (χ1) is 12.1. The third-order valence-electron chi connectivity index (χ3n) is 3.91. The lowest BCUT2D eigenvalue weighted by Crippen LogP contribution is -2.35. The van der Waals surface area contributed by atoms with Gasteiger partial charge in [-0.1, -0.05) is 30.3 Å². The second-order valence-electron chi connectivity index (χ2n) is 5.71. The fourth-order valence-electron chi connectivity index (χ4n) is 2.60. The number of hydrogen-bond donors (Lipinski definition) is 2. The fourth-order valence-corrected chi connectivity index (χ4v) is 2.60. The maximum absolute atomic E-state index is 11.8. The van der Waals surface area contributed by atoms with Gasteiger partial charge in [-0.25, -0.2) is 4.79 Å². The van der Waals surface area contributed by atoms with E-state index in [2.05, 4.69) is 10.6 Å². The average Bonchev–Trinajstić information content (AvgIpc) is 2.95. The smallest absolute Gasteiger partial charge is 0.324 e. The third kappa shape index (κ3) is 4.26. The van der Waals surface area contributed by atoms with Gasteiger partial charge in [-0.05, 0) is 29.3 Å². The van der Waals surface area contributed by atoms with Crippen LogP contribution in [0.15, 0.2) is 42.5 Å². The zero-order chi connectivity index (χ0) is 17.6. The van der Waals surface area contributed by atoms with Crippen LogP contribution in [-0.4, -0.2) is 49.0 Å². The van der Waals surface area contributed by atoms with Gasteiger partial charge < -0.3 is 15.4 Å². The van der Waals surface area contributed by atoms with Crippen LogP contribution < -0.4 is 15.4 Å². The molecule has 0 radical (unpaired) electrons. The van der Waals surface area contributed by atoms with Crippen LogP contribution in [0.1, 0.15) is 6.42 Å². The Bertz CT molecular complexity index is 790. The van der Waals surface area contributed by atoms with Crippen LogP contribution in [0.5, 0.6) is 5.75 Å². The lowest BCUT2D eigenvalue weighted by molar-refractivity contribution is -0.125. The summed E-state index contributed by atoms with van der Waals surface area (Å²) in [6.45, 7) is 0.625. The predicted molar refractivity (Wildman–Crippen MR) is 92.2 cm³/mol. The number of benzene rings is 2. The lowest BCUT2D eigenvalue weighted by atomic mass is 10.1. The molecule has 0 unspecified atom stereocenters. The maximum atomic E-state index is 11.8. The van der Waals surface area contributed by atoms with Gasteiger partial charge in [0.05, 0.1) is 6.54 Å². The Kier molecular flexibility index (Phi) is 5.13. The first-order valence-electron chi connectivity index (χ1n) is 8.10. The summed E-state index contributed by atoms with van der Waals surface area (Å²) in [6.07, 6.45) is 0.501. The molecule has 130 valence electrons. The van der Waals surface area contributed by atoms with Crippen LogP contribution in [0.2, 0.25) is 0 Å². The van der Waals surface area contributed by atoms with E-state index >= 15 is 0 Å². The Hall–Kier alpha value is -3.09. The van der Waals surface area contributed by atoms with E-state index in [1.165, 1.54) is 0 Å². The van der Waals surface area contributed by atoms with Crippen LogP contribution in [-0.2, 0) is 9.59 Å². The molecule has 2 aromatic rings. The zero-order valence-corrected chi connectivity index (χ0v) is 13.7. The lowest BCUT2D eigenvalue weighted by Gasteiger charge is -2.12. The molecule has 2 N–H and O–H groups in total. The number of rotatable bonds is 7. The molecule has 0 aliphatic carbocycles. The van der Waals surface area contributed by atoms with E-state index in [-0.39, 0.29) is 37.5 Å². The van der Waals surface area contributed by atoms with Gasteiger partial charge in [0.2, 0.25) is 5.91 Å². The quantitative estimate of drug-likeness (QED) is 0.586. The number of ether oxygens (including phenoxy) is 1. The number of carbonyl (C=O) groups excluding carboxylic acids is 3. The summed E-state index contributed by atoms with van der Waals surface area (Å²) in [5, 5.41) is 7.32. The molecule has 2 aromatic carbocycles. The maximum Gasteiger partial charge on any atom is 0.324 e. The highest BCUT2D eigenvalue weighted by Crippen LogP contribution is 2.20. The van der Waals surface area contributed by atoms with E-state index in [0.29, 0.717) is 18.7 Å². The monoisotopic (exact) mass is 341 g/mol. The largest absolute Gasteiger partial charge is 0.484 e. The summed E-state index contributed by atoms with van der Waals surface area (Å²) in [6, 6.07) is 13.2. The summed E-state index contributed by atoms with van der Waals surface area (Å²) < 4.78 is 5.50. The predicted octanol–water partition coefficient (Wildman–Crippen LogP) is 1.28. The second kappa shape index (κ2) is 7.65. The second-order valence-corrected chi connectivity index (χ2v) is 5.71. The summed E-state index contributed by atoms with van der Waals surface area (Å²) in [5.41, 5.74) is 0. The van der Waals surface area contributed by atoms with Gasteiger partial charge in [0.15, 0.2) is 6.61 Å². The van der Waals surface area contributed by atoms with Gasteiger partial charge in [0.25, 0.3) is 5.91 Å². The molecule has 0 spiro atoms. The van der Waals surface area contributed by atoms with Crippen molar-refractivity contribution in [1.29, 1.82) is 0 Å². The first-order valence-corrected chi connectivity index (χ1v) is 8.10. The SMILES string of the molecule is O=C(COc1ccc2ccccc2c1)NCCCN1C(=O)CNC1=O. The molecule has 0 saturated carbocycles. The summed E-state index contributed by atoms with van der Waals surface area (Å²) in [7, 11) is 0. The molecule has 0 bridgehead atoms. The van der Waals surface area contributed by atoms with Crippen molar-refractivity contribution in [3.63, 3.8) is 0 Å². The topological polar surface area (TPSA) is 87.7 Å². The van der Waals surface area contributed by atoms with Gasteiger partial charge in [-0.2, -0.15) is 0 Å². The van der Waals surface area contributed by atoms with Gasteiger partial charge in [-0.15, -0.1) is 0 Å². The number of carbonyl (C=O) groups is 3. The Morgan fingerprint density at radius 2 is 1.96 bits per heavy atom. The van der Waals surface area contributed by atoms with E-state index in [0.717, 1.165) is 15.7 Å². The zero-order valence-electron chi connectivity index (χ0n) is 13.7. The summed E-state index contributed by atoms with van der Waals surface area (Å²) >= 11 is 0. The Labute approximate surface area is 144 Å². The van der Waals surface area contributed by atoms with Crippen molar-refractivity contribution in [2.45, 2.75) is 6.42 Å². The van der Waals surface area contributed by atoms with Crippen molar-refractivity contribution in [2.24, 2.45) is 0 Å². The van der Waals surface area contributed by atoms with Crippen LogP contribution >= 0.6 is 0 Å². The minimum Gasteiger partial charge on any atom is -0.484 e. The number of nitrogens with zero attached hydrogens (tertiary/aromatic N) is 1. The van der Waals surface area contributed by atoms with Crippen molar-refractivity contribution >= 4 is 28.6 Å². The minimum absolute atomic E-state index is 0.0464. The third-order valence-corrected chi connectivity index (χ3v) is 3.91. The van der Waals surface area contributed by atoms with Crippen molar-refractivity contribution in [3.8, 4) is 5.75 Å². The highest BCUT2D eigenvalue weighted by atomic mass is 16.5. The van der Waals surface area contributed by atoms with Crippen LogP contribution in [0, 0.1) is 0 Å². The molecule has 7 heteroatoms. The number of fused-ring (bicyclic) bond motifs is 1. The van der Waals surface area contributed by atoms with Crippen molar-refractivity contribution < 1.29 is 19.1 Å². The molecule has 0 atom stereocenters. The number of amides is 4. The molecule has 1 heterocycles. The Morgan fingerprint density at radius 3 is 2.72 bits per heavy atom. The Morgan fingerprint density at radius 1 is 1.16 bits per heavy atom. The number of nitrogens with one attached hydrogen (secondary N) is 2. The molecular weight excluding hydrogens is 322 g/mol. The molecule has 3 rings (SSSR count). The molecule has 1 aliphatic heterocycles. The van der Waals surface area contributed by atoms with E-state index in [4.69, 9.17) is 4.74 Å². The standard InChI is InChI=1S/C18H19N3O4/c22-16(19-8-3-9-21-17(23)11-20-18(21)24)12-25-15-7-6-13-4-1-2-5-14(13)10-15/h1-2,4-7,10H,3,8-9,11-12H2,(H,19,22)(H,20,24). The molecule has 7 nitrogen and oxygen atoms in total. The molecule has 25 heavy (non-hydrogen) atoms. The first kappa shape index (κ1) is 16.8. The van der Waals surface area contributed by atoms with Gasteiger partial charge in [0.1, 0.15) is 5.75 Å². The van der Waals surface area contributed by atoms with Crippen LogP contribution in [0.3, 0.4) is 0 Å². The highest BCUT2D eigenvalue weighted by Gasteiger charge is 2.27. The van der Waals surface area contributed by atoms with Gasteiger partial charge in [0, 0.05) is 13.1 Å². The summed E-state index contributed by atoms with van der Waals surface area (Å²) in [5.74, 6) is 0.148. The minimum atomic E-state index is -0.379. The van der Waals surface area contributed by atoms with E-state index in [1.807, 2.05) is 42.5 Å². The van der Waals surface area contributed by atoms with E-state index in [9.17, 15) is 14.4 Å². The van der Waals surface area contributed by atoms with Crippen LogP contribution in [0.4, 0.5) is 4.79 Å². The van der Waals surface area contributed by atoms with Crippen molar-refractivity contribution in [3.05, 3.63) is 42.5 Å². The summed E-state index contributed by atoms with van der Waals surface area (Å²) in [4.78, 5) is 35.7. The molecule has 4 amide bonds. The van der Waals surface area contributed by atoms with Crippen LogP contribution in [0.25, 0.3) is 10.8 Å². The molecule has 0 aromatic heterocycles. The van der Waals surface area contributed by atoms with Crippen molar-refractivity contribution in [1.82, 2.24) is 15.5 Å². The Balaban J connectivity index is 1.39. The van der Waals surface area contributed by atoms with Crippen molar-refractivity contribution in [2.75, 3.05) is 26.2 Å². The fraction of sp³-hybridized carbons (Fsp3) is 0.278. The molecule has 1 saturated heterocycles. The number of urea groups is 1. The average molecular weight is 341 g/mol. The normalized spacial score (nSPS) is 13.8. The molecular formula is C18H19N3O4. The highest BCUT2D eigenvalue weighted by molar-refractivity contribution is 6.01. The van der Waals surface area contributed by atoms with E-state index in [1.54, 1.807) is 0 Å². The number of hydrogen-bond acceptors (Lipinski definition) is 4. The van der Waals surface area contributed by atoms with Gasteiger partial charge >= 0.3 is 6.03 Å². The molecule has 1 fully saturated rings. The molecule has 1 aliphatic rings. The van der Waals surface area contributed by atoms with Gasteiger partial charge in [-0.3, -0.25) is 14.5 Å². The van der Waals surface area contributed by atoms with E-state index < -0.39 is 0 Å².